The number of nitrogens with zero attached hydrogens (tertiary/aromatic N) is 4. The highest BCUT2D eigenvalue weighted by molar-refractivity contribution is 5.66. The van der Waals surface area contributed by atoms with E-state index >= 15 is 0 Å². The molecule has 2 aliphatic rings. The molecule has 5 nitrogen and oxygen atoms in total. The second-order valence-corrected chi connectivity index (χ2v) is 8.02. The molecule has 1 atom stereocenters. The Morgan fingerprint density at radius 3 is 2.47 bits per heavy atom. The zero-order chi connectivity index (χ0) is 20.3. The van der Waals surface area contributed by atoms with Crippen LogP contribution in [0.3, 0.4) is 0 Å². The molecule has 1 saturated heterocycles. The first-order chi connectivity index (χ1) is 14.7. The summed E-state index contributed by atoms with van der Waals surface area (Å²) in [5.41, 5.74) is 4.72. The number of hydrogen-bond donors (Lipinski definition) is 1. The van der Waals surface area contributed by atoms with Gasteiger partial charge in [-0.2, -0.15) is 0 Å². The zero-order valence-electron chi connectivity index (χ0n) is 16.9. The number of likely N-dealkylation sites (tertiary alicyclic amines) is 1. The van der Waals surface area contributed by atoms with E-state index in [9.17, 15) is 5.11 Å². The molecule has 0 bridgehead atoms. The molecule has 5 rings (SSSR count). The van der Waals surface area contributed by atoms with Crippen LogP contribution >= 0.6 is 0 Å². The van der Waals surface area contributed by atoms with Gasteiger partial charge >= 0.3 is 0 Å². The predicted octanol–water partition coefficient (Wildman–Crippen LogP) is 4.28. The van der Waals surface area contributed by atoms with Crippen molar-refractivity contribution in [2.24, 2.45) is 0 Å². The van der Waals surface area contributed by atoms with Gasteiger partial charge in [0.15, 0.2) is 0 Å². The maximum Gasteiger partial charge on any atom is 0.133 e. The van der Waals surface area contributed by atoms with Gasteiger partial charge in [-0.05, 0) is 41.8 Å². The lowest BCUT2D eigenvalue weighted by Crippen LogP contribution is -2.36. The highest BCUT2D eigenvalue weighted by atomic mass is 16.3. The monoisotopic (exact) mass is 398 g/mol. The van der Waals surface area contributed by atoms with Gasteiger partial charge in [-0.1, -0.05) is 42.5 Å². The van der Waals surface area contributed by atoms with Gasteiger partial charge in [0.1, 0.15) is 5.75 Å². The molecular formula is C25H26N4O. The van der Waals surface area contributed by atoms with Crippen molar-refractivity contribution in [2.75, 3.05) is 24.7 Å². The normalized spacial score (nSPS) is 19.0. The summed E-state index contributed by atoms with van der Waals surface area (Å²) in [4.78, 5) is 11.5. The van der Waals surface area contributed by atoms with Crippen molar-refractivity contribution in [1.29, 1.82) is 0 Å². The van der Waals surface area contributed by atoms with Crippen LogP contribution in [0.1, 0.15) is 12.1 Å². The Bertz CT molecular complexity index is 1000. The van der Waals surface area contributed by atoms with Gasteiger partial charge in [0.05, 0.1) is 18.6 Å². The van der Waals surface area contributed by atoms with Crippen molar-refractivity contribution in [3.05, 3.63) is 91.0 Å². The van der Waals surface area contributed by atoms with Crippen LogP contribution in [-0.2, 0) is 6.54 Å². The Kier molecular flexibility index (Phi) is 5.11. The van der Waals surface area contributed by atoms with Crippen LogP contribution in [0.15, 0.2) is 85.3 Å². The summed E-state index contributed by atoms with van der Waals surface area (Å²) in [6, 6.07) is 23.4. The molecule has 2 aliphatic heterocycles. The summed E-state index contributed by atoms with van der Waals surface area (Å²) >= 11 is 0. The minimum absolute atomic E-state index is 0.220. The number of benzene rings is 2. The topological polar surface area (TPSA) is 42.8 Å². The van der Waals surface area contributed by atoms with Crippen LogP contribution < -0.4 is 4.90 Å². The fourth-order valence-electron chi connectivity index (χ4n) is 4.28. The van der Waals surface area contributed by atoms with Gasteiger partial charge < -0.3 is 14.9 Å². The molecule has 2 aromatic carbocycles. The van der Waals surface area contributed by atoms with E-state index in [1.807, 2.05) is 12.1 Å². The summed E-state index contributed by atoms with van der Waals surface area (Å²) in [7, 11) is 0. The van der Waals surface area contributed by atoms with Gasteiger partial charge in [-0.3, -0.25) is 9.88 Å². The summed E-state index contributed by atoms with van der Waals surface area (Å²) in [6.45, 7) is 3.83. The van der Waals surface area contributed by atoms with Crippen LogP contribution in [0, 0.1) is 0 Å². The number of hydrogen-bond acceptors (Lipinski definition) is 5. The first kappa shape index (κ1) is 18.7. The first-order valence-electron chi connectivity index (χ1n) is 10.5. The second kappa shape index (κ2) is 8.20. The Morgan fingerprint density at radius 1 is 0.900 bits per heavy atom. The average molecular weight is 399 g/mol. The van der Waals surface area contributed by atoms with Crippen molar-refractivity contribution >= 4 is 5.69 Å². The largest absolute Gasteiger partial charge is 0.506 e. The Labute approximate surface area is 177 Å². The van der Waals surface area contributed by atoms with E-state index in [2.05, 4.69) is 80.6 Å². The third-order valence-electron chi connectivity index (χ3n) is 5.97. The van der Waals surface area contributed by atoms with Crippen LogP contribution in [0.2, 0.25) is 0 Å². The summed E-state index contributed by atoms with van der Waals surface area (Å²) in [6.07, 6.45) is 7.08. The molecule has 1 N–H and O–H groups in total. The lowest BCUT2D eigenvalue weighted by molar-refractivity contribution is 0.265. The molecule has 30 heavy (non-hydrogen) atoms. The van der Waals surface area contributed by atoms with Gasteiger partial charge in [0.2, 0.25) is 0 Å². The zero-order valence-corrected chi connectivity index (χ0v) is 16.9. The van der Waals surface area contributed by atoms with Crippen molar-refractivity contribution < 1.29 is 5.11 Å². The lowest BCUT2D eigenvalue weighted by atomic mass is 10.1. The quantitative estimate of drug-likeness (QED) is 0.695. The van der Waals surface area contributed by atoms with E-state index < -0.39 is 0 Å². The molecule has 0 radical (unpaired) electrons. The SMILES string of the molecule is Oc1ccc(CN2CC[C@H](N3C=CN(c4ccc(-c5ccccc5)cc4)C3)C2)nc1. The van der Waals surface area contributed by atoms with E-state index in [0.29, 0.717) is 6.04 Å². The van der Waals surface area contributed by atoms with Crippen molar-refractivity contribution in [3.63, 3.8) is 0 Å². The van der Waals surface area contributed by atoms with Gasteiger partial charge in [-0.25, -0.2) is 0 Å². The highest BCUT2D eigenvalue weighted by Crippen LogP contribution is 2.27. The third kappa shape index (κ3) is 4.02. The van der Waals surface area contributed by atoms with Crippen LogP contribution in [0.4, 0.5) is 5.69 Å². The fourth-order valence-corrected chi connectivity index (χ4v) is 4.28. The molecule has 3 heterocycles. The van der Waals surface area contributed by atoms with Crippen molar-refractivity contribution in [2.45, 2.75) is 19.0 Å². The van der Waals surface area contributed by atoms with E-state index in [1.165, 1.54) is 23.0 Å². The molecule has 0 aliphatic carbocycles. The minimum Gasteiger partial charge on any atom is -0.506 e. The molecular weight excluding hydrogens is 372 g/mol. The van der Waals surface area contributed by atoms with Crippen LogP contribution in [-0.4, -0.2) is 45.7 Å². The fraction of sp³-hybridized carbons (Fsp3) is 0.240. The molecule has 0 unspecified atom stereocenters. The summed E-state index contributed by atoms with van der Waals surface area (Å²) in [5.74, 6) is 0.220. The van der Waals surface area contributed by atoms with E-state index in [-0.39, 0.29) is 5.75 Å². The number of anilines is 1. The number of pyridine rings is 1. The molecule has 1 aromatic heterocycles. The summed E-state index contributed by atoms with van der Waals surface area (Å²) < 4.78 is 0. The molecule has 5 heteroatoms. The smallest absolute Gasteiger partial charge is 0.133 e. The Balaban J connectivity index is 1.17. The van der Waals surface area contributed by atoms with Crippen LogP contribution in [0.25, 0.3) is 11.1 Å². The standard InChI is InChI=1S/C25H26N4O/c30-25-11-8-22(26-16-25)17-27-13-12-24(18-27)29-15-14-28(19-29)23-9-6-21(7-10-23)20-4-2-1-3-5-20/h1-11,14-16,24,30H,12-13,17-19H2/t24-/m0/s1. The van der Waals surface area contributed by atoms with Gasteiger partial charge in [0, 0.05) is 43.8 Å². The van der Waals surface area contributed by atoms with Gasteiger partial charge in [-0.15, -0.1) is 0 Å². The second-order valence-electron chi connectivity index (χ2n) is 8.02. The van der Waals surface area contributed by atoms with Gasteiger partial charge in [0.25, 0.3) is 0 Å². The van der Waals surface area contributed by atoms with E-state index in [0.717, 1.165) is 38.4 Å². The average Bonchev–Trinajstić information content (AvgIpc) is 3.46. The maximum atomic E-state index is 9.40. The molecule has 1 fully saturated rings. The Morgan fingerprint density at radius 2 is 1.70 bits per heavy atom. The maximum absolute atomic E-state index is 9.40. The highest BCUT2D eigenvalue weighted by Gasteiger charge is 2.29. The number of rotatable bonds is 5. The predicted molar refractivity (Wildman–Crippen MR) is 120 cm³/mol. The number of aromatic hydroxyl groups is 1. The number of aromatic nitrogens is 1. The third-order valence-corrected chi connectivity index (χ3v) is 5.97. The van der Waals surface area contributed by atoms with E-state index in [1.54, 1.807) is 6.07 Å². The minimum atomic E-state index is 0.220. The molecule has 0 amide bonds. The summed E-state index contributed by atoms with van der Waals surface area (Å²) in [5, 5.41) is 9.40. The van der Waals surface area contributed by atoms with Crippen LogP contribution in [0.5, 0.6) is 5.75 Å². The molecule has 152 valence electrons. The molecule has 0 saturated carbocycles. The van der Waals surface area contributed by atoms with Crippen molar-refractivity contribution in [3.8, 4) is 16.9 Å². The molecule has 3 aromatic rings. The first-order valence-corrected chi connectivity index (χ1v) is 10.5. The van der Waals surface area contributed by atoms with E-state index in [4.69, 9.17) is 0 Å². The van der Waals surface area contributed by atoms with Crippen molar-refractivity contribution in [1.82, 2.24) is 14.8 Å². The Hall–Kier alpha value is -3.31. The lowest BCUT2D eigenvalue weighted by Gasteiger charge is -2.27. The molecule has 0 spiro atoms.